The largest absolute Gasteiger partial charge is 0.268 e. The van der Waals surface area contributed by atoms with Gasteiger partial charge in [-0.05, 0) is 46.8 Å². The van der Waals surface area contributed by atoms with Crippen molar-refractivity contribution in [3.8, 4) is 0 Å². The van der Waals surface area contributed by atoms with E-state index in [1.54, 1.807) is 12.1 Å². The van der Waals surface area contributed by atoms with Crippen molar-refractivity contribution >= 4 is 15.9 Å². The van der Waals surface area contributed by atoms with Gasteiger partial charge < -0.3 is 0 Å². The van der Waals surface area contributed by atoms with Crippen LogP contribution in [0, 0.1) is 0 Å². The second kappa shape index (κ2) is 7.20. The van der Waals surface area contributed by atoms with Crippen LogP contribution in [0.4, 0.5) is 0 Å². The van der Waals surface area contributed by atoms with Crippen LogP contribution in [0.1, 0.15) is 24.4 Å². The molecule has 0 bridgehead atoms. The molecule has 4 heteroatoms. The van der Waals surface area contributed by atoms with Crippen LogP contribution >= 0.6 is 15.9 Å². The molecule has 2 rings (SSSR count). The number of rotatable bonds is 6. The molecule has 0 aliphatic heterocycles. The fourth-order valence-electron chi connectivity index (χ4n) is 2.14. The lowest BCUT2D eigenvalue weighted by Gasteiger charge is -2.14. The number of hydrogen-bond acceptors (Lipinski definition) is 2. The van der Waals surface area contributed by atoms with Gasteiger partial charge >= 0.3 is 0 Å². The number of aryl methyl sites for hydroxylation is 1. The summed E-state index contributed by atoms with van der Waals surface area (Å²) in [6.45, 7) is 3.82. The van der Waals surface area contributed by atoms with E-state index in [1.807, 2.05) is 18.2 Å². The van der Waals surface area contributed by atoms with E-state index in [4.69, 9.17) is 0 Å². The highest BCUT2D eigenvalue weighted by atomic mass is 79.9. The molecular weight excluding hydrogens is 316 g/mol. The van der Waals surface area contributed by atoms with Crippen LogP contribution in [0.3, 0.4) is 0 Å². The molecule has 0 radical (unpaired) electrons. The minimum absolute atomic E-state index is 0.0660. The Bertz CT molecular complexity index is 622. The van der Waals surface area contributed by atoms with Gasteiger partial charge in [0.05, 0.1) is 6.04 Å². The first kappa shape index (κ1) is 14.7. The second-order valence-corrected chi connectivity index (χ2v) is 5.43. The molecule has 0 aliphatic rings. The van der Waals surface area contributed by atoms with Crippen molar-refractivity contribution in [2.24, 2.45) is 0 Å². The number of halogens is 1. The molecule has 1 aromatic heterocycles. The molecule has 1 heterocycles. The van der Waals surface area contributed by atoms with Gasteiger partial charge in [-0.3, -0.25) is 4.79 Å². The normalized spacial score (nSPS) is 12.1. The maximum atomic E-state index is 11.8. The minimum Gasteiger partial charge on any atom is -0.268 e. The van der Waals surface area contributed by atoms with E-state index in [0.29, 0.717) is 4.60 Å². The van der Waals surface area contributed by atoms with E-state index in [0.717, 1.165) is 19.3 Å². The van der Waals surface area contributed by atoms with Gasteiger partial charge in [-0.1, -0.05) is 36.4 Å². The second-order valence-electron chi connectivity index (χ2n) is 4.62. The Morgan fingerprint density at radius 3 is 2.70 bits per heavy atom. The summed E-state index contributed by atoms with van der Waals surface area (Å²) >= 11 is 3.29. The molecular formula is C16H17BrN2O. The fourth-order valence-corrected chi connectivity index (χ4v) is 2.44. The summed E-state index contributed by atoms with van der Waals surface area (Å²) in [6, 6.07) is 13.4. The summed E-state index contributed by atoms with van der Waals surface area (Å²) in [7, 11) is 0. The molecule has 0 amide bonds. The van der Waals surface area contributed by atoms with E-state index >= 15 is 0 Å². The zero-order chi connectivity index (χ0) is 14.4. The van der Waals surface area contributed by atoms with Gasteiger partial charge in [0, 0.05) is 6.07 Å². The summed E-state index contributed by atoms with van der Waals surface area (Å²) in [5.41, 5.74) is 1.21. The fraction of sp³-hybridized carbons (Fsp3) is 0.250. The van der Waals surface area contributed by atoms with Crippen LogP contribution in [-0.2, 0) is 6.42 Å². The van der Waals surface area contributed by atoms with Crippen LogP contribution in [0.15, 0.2) is 64.5 Å². The molecule has 0 aliphatic carbocycles. The minimum atomic E-state index is -0.0992. The van der Waals surface area contributed by atoms with Crippen molar-refractivity contribution in [2.45, 2.75) is 25.3 Å². The average molecular weight is 333 g/mol. The van der Waals surface area contributed by atoms with Crippen molar-refractivity contribution in [3.63, 3.8) is 0 Å². The van der Waals surface area contributed by atoms with Gasteiger partial charge in [-0.25, -0.2) is 4.68 Å². The maximum absolute atomic E-state index is 11.8. The molecule has 0 spiro atoms. The Balaban J connectivity index is 2.01. The number of hydrogen-bond donors (Lipinski definition) is 0. The van der Waals surface area contributed by atoms with Crippen molar-refractivity contribution in [1.82, 2.24) is 9.78 Å². The lowest BCUT2D eigenvalue weighted by Crippen LogP contribution is -2.25. The molecule has 1 aromatic carbocycles. The van der Waals surface area contributed by atoms with Crippen molar-refractivity contribution in [2.75, 3.05) is 0 Å². The Labute approximate surface area is 127 Å². The molecule has 20 heavy (non-hydrogen) atoms. The summed E-state index contributed by atoms with van der Waals surface area (Å²) in [5, 5.41) is 4.22. The highest BCUT2D eigenvalue weighted by Crippen LogP contribution is 2.15. The Morgan fingerprint density at radius 1 is 1.25 bits per heavy atom. The summed E-state index contributed by atoms with van der Waals surface area (Å²) in [4.78, 5) is 11.8. The average Bonchev–Trinajstić information content (AvgIpc) is 2.48. The predicted octanol–water partition coefficient (Wildman–Crippen LogP) is 3.76. The van der Waals surface area contributed by atoms with Crippen LogP contribution < -0.4 is 5.56 Å². The van der Waals surface area contributed by atoms with Gasteiger partial charge in [0.1, 0.15) is 4.60 Å². The van der Waals surface area contributed by atoms with Gasteiger partial charge in [0.15, 0.2) is 0 Å². The quantitative estimate of drug-likeness (QED) is 0.755. The summed E-state index contributed by atoms with van der Waals surface area (Å²) in [5.74, 6) is 0. The topological polar surface area (TPSA) is 34.9 Å². The van der Waals surface area contributed by atoms with Crippen LogP contribution in [0.25, 0.3) is 0 Å². The molecule has 3 nitrogen and oxygen atoms in total. The Hall–Kier alpha value is -1.68. The third-order valence-electron chi connectivity index (χ3n) is 3.19. The molecule has 1 atom stereocenters. The first-order chi connectivity index (χ1) is 9.70. The Morgan fingerprint density at radius 2 is 2.00 bits per heavy atom. The van der Waals surface area contributed by atoms with E-state index in [1.165, 1.54) is 16.3 Å². The molecule has 0 N–H and O–H groups in total. The SMILES string of the molecule is C=CC(CCCc1ccccc1)n1nc(Br)ccc1=O. The van der Waals surface area contributed by atoms with E-state index < -0.39 is 0 Å². The third-order valence-corrected chi connectivity index (χ3v) is 3.61. The van der Waals surface area contributed by atoms with Crippen molar-refractivity contribution in [1.29, 1.82) is 0 Å². The molecule has 0 fully saturated rings. The van der Waals surface area contributed by atoms with Crippen LogP contribution in [0.5, 0.6) is 0 Å². The maximum Gasteiger partial charge on any atom is 0.267 e. The summed E-state index contributed by atoms with van der Waals surface area (Å²) in [6.07, 6.45) is 4.61. The molecule has 104 valence electrons. The van der Waals surface area contributed by atoms with Crippen LogP contribution in [0.2, 0.25) is 0 Å². The zero-order valence-electron chi connectivity index (χ0n) is 11.2. The highest BCUT2D eigenvalue weighted by molar-refractivity contribution is 9.10. The van der Waals surface area contributed by atoms with Crippen molar-refractivity contribution < 1.29 is 0 Å². The van der Waals surface area contributed by atoms with E-state index in [2.05, 4.69) is 39.7 Å². The number of benzene rings is 1. The standard InChI is InChI=1S/C16H17BrN2O/c1-2-14(19-16(20)12-11-15(17)18-19)10-6-9-13-7-4-3-5-8-13/h2-5,7-8,11-12,14H,1,6,9-10H2. The molecule has 2 aromatic rings. The molecule has 1 unspecified atom stereocenters. The zero-order valence-corrected chi connectivity index (χ0v) is 12.8. The third kappa shape index (κ3) is 3.90. The molecule has 0 saturated carbocycles. The van der Waals surface area contributed by atoms with Gasteiger partial charge in [0.25, 0.3) is 5.56 Å². The van der Waals surface area contributed by atoms with E-state index in [-0.39, 0.29) is 11.6 Å². The number of nitrogens with zero attached hydrogens (tertiary/aromatic N) is 2. The van der Waals surface area contributed by atoms with Gasteiger partial charge in [-0.2, -0.15) is 5.10 Å². The number of allylic oxidation sites excluding steroid dienone is 1. The Kier molecular flexibility index (Phi) is 5.30. The highest BCUT2D eigenvalue weighted by Gasteiger charge is 2.10. The summed E-state index contributed by atoms with van der Waals surface area (Å²) < 4.78 is 2.15. The van der Waals surface area contributed by atoms with Gasteiger partial charge in [0.2, 0.25) is 0 Å². The van der Waals surface area contributed by atoms with Gasteiger partial charge in [-0.15, -0.1) is 6.58 Å². The lowest BCUT2D eigenvalue weighted by atomic mass is 10.0. The number of aromatic nitrogens is 2. The van der Waals surface area contributed by atoms with Crippen LogP contribution in [-0.4, -0.2) is 9.78 Å². The lowest BCUT2D eigenvalue weighted by molar-refractivity contribution is 0.463. The van der Waals surface area contributed by atoms with Crippen molar-refractivity contribution in [3.05, 3.63) is 75.6 Å². The predicted molar refractivity (Wildman–Crippen MR) is 84.8 cm³/mol. The first-order valence-corrected chi connectivity index (χ1v) is 7.42. The smallest absolute Gasteiger partial charge is 0.267 e. The first-order valence-electron chi connectivity index (χ1n) is 6.62. The molecule has 0 saturated heterocycles. The monoisotopic (exact) mass is 332 g/mol. The van der Waals surface area contributed by atoms with E-state index in [9.17, 15) is 4.79 Å².